The van der Waals surface area contributed by atoms with Crippen LogP contribution < -0.4 is 0 Å². The lowest BCUT2D eigenvalue weighted by atomic mass is 9.64. The van der Waals surface area contributed by atoms with Crippen LogP contribution in [0.1, 0.15) is 50.8 Å². The summed E-state index contributed by atoms with van der Waals surface area (Å²) in [6.45, 7) is 6.31. The lowest BCUT2D eigenvalue weighted by molar-refractivity contribution is -0.00522. The van der Waals surface area contributed by atoms with Gasteiger partial charge in [0.05, 0.1) is 6.61 Å². The summed E-state index contributed by atoms with van der Waals surface area (Å²) in [6.07, 6.45) is 5.70. The van der Waals surface area contributed by atoms with Gasteiger partial charge in [-0.15, -0.1) is 5.10 Å². The Morgan fingerprint density at radius 3 is 2.68 bits per heavy atom. The molecule has 0 radical (unpaired) electrons. The molecule has 0 unspecified atom stereocenters. The maximum atomic E-state index is 11.9. The van der Waals surface area contributed by atoms with Crippen LogP contribution in [0.5, 0.6) is 0 Å². The Hall–Kier alpha value is -1.70. The van der Waals surface area contributed by atoms with Crippen molar-refractivity contribution in [2.45, 2.75) is 51.0 Å². The van der Waals surface area contributed by atoms with Gasteiger partial charge < -0.3 is 14.5 Å². The highest BCUT2D eigenvalue weighted by Crippen LogP contribution is 2.50. The van der Waals surface area contributed by atoms with Crippen LogP contribution in [0.3, 0.4) is 0 Å². The number of hydrogen-bond acceptors (Lipinski definition) is 6. The quantitative estimate of drug-likeness (QED) is 0.822. The number of rotatable bonds is 3. The van der Waals surface area contributed by atoms with Crippen molar-refractivity contribution in [2.75, 3.05) is 32.8 Å². The van der Waals surface area contributed by atoms with E-state index in [-0.39, 0.29) is 6.09 Å². The van der Waals surface area contributed by atoms with E-state index >= 15 is 0 Å². The Balaban J connectivity index is 1.25. The summed E-state index contributed by atoms with van der Waals surface area (Å²) < 4.78 is 6.95. The average molecular weight is 348 g/mol. The van der Waals surface area contributed by atoms with Gasteiger partial charge in [0.1, 0.15) is 0 Å². The highest BCUT2D eigenvalue weighted by molar-refractivity contribution is 5.68. The van der Waals surface area contributed by atoms with E-state index in [1.54, 1.807) is 4.68 Å². The van der Waals surface area contributed by atoms with Crippen LogP contribution in [0.15, 0.2) is 0 Å². The monoisotopic (exact) mass is 348 g/mol. The number of carbonyl (C=O) groups is 1. The molecule has 2 saturated heterocycles. The first kappa shape index (κ1) is 16.8. The van der Waals surface area contributed by atoms with E-state index in [1.807, 2.05) is 18.9 Å². The summed E-state index contributed by atoms with van der Waals surface area (Å²) in [4.78, 5) is 16.4. The molecule has 138 valence electrons. The summed E-state index contributed by atoms with van der Waals surface area (Å²) in [5.74, 6) is 1.50. The summed E-state index contributed by atoms with van der Waals surface area (Å²) in [5, 5.41) is 11.9. The second-order valence-electron chi connectivity index (χ2n) is 7.90. The molecule has 1 spiro atoms. The third-order valence-electron chi connectivity index (χ3n) is 6.37. The Labute approximate surface area is 148 Å². The van der Waals surface area contributed by atoms with E-state index in [9.17, 15) is 4.79 Å². The minimum Gasteiger partial charge on any atom is -0.450 e. The standard InChI is InChI=1S/C17H28N6O2/c1-3-25-16(24)23-9-6-17(12-23)10-14(11-17)22-7-4-13(5-8-22)15-18-19-20-21(15)2/h13-14H,3-12H2,1-2H3. The predicted octanol–water partition coefficient (Wildman–Crippen LogP) is 1.40. The molecule has 0 bridgehead atoms. The topological polar surface area (TPSA) is 76.4 Å². The van der Waals surface area contributed by atoms with Gasteiger partial charge in [0, 0.05) is 32.1 Å². The number of piperidine rings is 1. The van der Waals surface area contributed by atoms with Gasteiger partial charge in [-0.1, -0.05) is 0 Å². The first-order valence-corrected chi connectivity index (χ1v) is 9.48. The van der Waals surface area contributed by atoms with E-state index in [2.05, 4.69) is 20.4 Å². The van der Waals surface area contributed by atoms with E-state index in [0.717, 1.165) is 51.3 Å². The van der Waals surface area contributed by atoms with Gasteiger partial charge in [-0.3, -0.25) is 0 Å². The normalized spacial score (nSPS) is 30.6. The number of amides is 1. The minimum absolute atomic E-state index is 0.138. The van der Waals surface area contributed by atoms with Gasteiger partial charge in [-0.25, -0.2) is 9.48 Å². The van der Waals surface area contributed by atoms with Crippen LogP contribution >= 0.6 is 0 Å². The zero-order valence-corrected chi connectivity index (χ0v) is 15.2. The smallest absolute Gasteiger partial charge is 0.409 e. The van der Waals surface area contributed by atoms with Crippen molar-refractivity contribution in [1.29, 1.82) is 0 Å². The van der Waals surface area contributed by atoms with Crippen molar-refractivity contribution in [3.8, 4) is 0 Å². The van der Waals surface area contributed by atoms with Crippen molar-refractivity contribution in [2.24, 2.45) is 12.5 Å². The zero-order valence-electron chi connectivity index (χ0n) is 15.2. The Bertz CT molecular complexity index is 618. The number of tetrazole rings is 1. The molecule has 3 aliphatic rings. The Kier molecular flexibility index (Phi) is 4.39. The van der Waals surface area contributed by atoms with Gasteiger partial charge in [0.2, 0.25) is 0 Å². The number of aryl methyl sites for hydroxylation is 1. The van der Waals surface area contributed by atoms with Crippen LogP contribution in [0.4, 0.5) is 4.79 Å². The fraction of sp³-hybridized carbons (Fsp3) is 0.882. The summed E-state index contributed by atoms with van der Waals surface area (Å²) in [7, 11) is 1.92. The molecule has 2 aliphatic heterocycles. The molecule has 0 N–H and O–H groups in total. The van der Waals surface area contributed by atoms with Crippen molar-refractivity contribution >= 4 is 6.09 Å². The SMILES string of the molecule is CCOC(=O)N1CCC2(CC(N3CCC(c4nnnn4C)CC3)C2)C1. The van der Waals surface area contributed by atoms with E-state index in [4.69, 9.17) is 4.74 Å². The van der Waals surface area contributed by atoms with Crippen molar-refractivity contribution < 1.29 is 9.53 Å². The molecule has 25 heavy (non-hydrogen) atoms. The van der Waals surface area contributed by atoms with Gasteiger partial charge >= 0.3 is 6.09 Å². The fourth-order valence-electron chi connectivity index (χ4n) is 4.94. The van der Waals surface area contributed by atoms with E-state index < -0.39 is 0 Å². The molecule has 0 aromatic carbocycles. The second-order valence-corrected chi connectivity index (χ2v) is 7.90. The molecule has 1 aliphatic carbocycles. The van der Waals surface area contributed by atoms with Crippen molar-refractivity contribution in [1.82, 2.24) is 30.0 Å². The summed E-state index contributed by atoms with van der Waals surface area (Å²) >= 11 is 0. The molecule has 8 heteroatoms. The van der Waals surface area contributed by atoms with Gasteiger partial charge in [0.15, 0.2) is 5.82 Å². The number of carbonyl (C=O) groups excluding carboxylic acids is 1. The van der Waals surface area contributed by atoms with Crippen LogP contribution in [0, 0.1) is 5.41 Å². The van der Waals surface area contributed by atoms with Crippen LogP contribution in [0.2, 0.25) is 0 Å². The van der Waals surface area contributed by atoms with Gasteiger partial charge in [-0.2, -0.15) is 0 Å². The molecular formula is C17H28N6O2. The molecule has 3 fully saturated rings. The van der Waals surface area contributed by atoms with E-state index in [1.165, 1.54) is 12.8 Å². The van der Waals surface area contributed by atoms with Crippen molar-refractivity contribution in [3.05, 3.63) is 5.82 Å². The lowest BCUT2D eigenvalue weighted by Crippen LogP contribution is -2.54. The lowest BCUT2D eigenvalue weighted by Gasteiger charge is -2.51. The molecule has 1 amide bonds. The molecule has 4 rings (SSSR count). The first-order valence-electron chi connectivity index (χ1n) is 9.48. The molecule has 8 nitrogen and oxygen atoms in total. The highest BCUT2D eigenvalue weighted by atomic mass is 16.6. The molecule has 1 aromatic rings. The first-order chi connectivity index (χ1) is 12.1. The van der Waals surface area contributed by atoms with Crippen LogP contribution in [0.25, 0.3) is 0 Å². The zero-order chi connectivity index (χ0) is 17.4. The number of hydrogen-bond donors (Lipinski definition) is 0. The number of aromatic nitrogens is 4. The number of ether oxygens (including phenoxy) is 1. The maximum absolute atomic E-state index is 11.9. The molecule has 1 saturated carbocycles. The molecule has 0 atom stereocenters. The molecule has 1 aromatic heterocycles. The highest BCUT2D eigenvalue weighted by Gasteiger charge is 2.51. The van der Waals surface area contributed by atoms with Crippen LogP contribution in [-0.4, -0.2) is 74.9 Å². The maximum Gasteiger partial charge on any atom is 0.409 e. The third kappa shape index (κ3) is 3.12. The Morgan fingerprint density at radius 1 is 1.28 bits per heavy atom. The van der Waals surface area contributed by atoms with Gasteiger partial charge in [-0.05, 0) is 68.0 Å². The largest absolute Gasteiger partial charge is 0.450 e. The third-order valence-corrected chi connectivity index (χ3v) is 6.37. The van der Waals surface area contributed by atoms with Crippen LogP contribution in [-0.2, 0) is 11.8 Å². The second kappa shape index (κ2) is 6.55. The summed E-state index contributed by atoms with van der Waals surface area (Å²) in [5.41, 5.74) is 0.349. The van der Waals surface area contributed by atoms with Crippen molar-refractivity contribution in [3.63, 3.8) is 0 Å². The van der Waals surface area contributed by atoms with E-state index in [0.29, 0.717) is 24.0 Å². The number of nitrogens with zero attached hydrogens (tertiary/aromatic N) is 6. The Morgan fingerprint density at radius 2 is 2.04 bits per heavy atom. The minimum atomic E-state index is -0.138. The number of likely N-dealkylation sites (tertiary alicyclic amines) is 2. The average Bonchev–Trinajstić information content (AvgIpc) is 3.21. The summed E-state index contributed by atoms with van der Waals surface area (Å²) in [6, 6.07) is 0.681. The predicted molar refractivity (Wildman–Crippen MR) is 91.0 cm³/mol. The fourth-order valence-corrected chi connectivity index (χ4v) is 4.94. The van der Waals surface area contributed by atoms with Gasteiger partial charge in [0.25, 0.3) is 0 Å². The molecular weight excluding hydrogens is 320 g/mol. The molecule has 3 heterocycles.